The van der Waals surface area contributed by atoms with Crippen molar-refractivity contribution < 1.29 is 23.0 Å². The number of alkyl halides is 2. The molecule has 4 rings (SSSR count). The lowest BCUT2D eigenvalue weighted by molar-refractivity contribution is 0.116. The Kier molecular flexibility index (Phi) is 7.42. The molecule has 6 nitrogen and oxygen atoms in total. The second kappa shape index (κ2) is 10.4. The molecule has 0 aromatic carbocycles. The van der Waals surface area contributed by atoms with E-state index in [0.717, 1.165) is 18.0 Å². The van der Waals surface area contributed by atoms with E-state index in [9.17, 15) is 18.3 Å². The zero-order valence-corrected chi connectivity index (χ0v) is 20.8. The van der Waals surface area contributed by atoms with Gasteiger partial charge in [-0.05, 0) is 44.6 Å². The van der Waals surface area contributed by atoms with Crippen molar-refractivity contribution in [2.45, 2.75) is 45.2 Å². The van der Waals surface area contributed by atoms with E-state index in [4.69, 9.17) is 16.3 Å². The molecular weight excluding hydrogens is 493 g/mol. The Morgan fingerprint density at radius 1 is 1.22 bits per heavy atom. The van der Waals surface area contributed by atoms with Gasteiger partial charge in [-0.1, -0.05) is 17.7 Å². The summed E-state index contributed by atoms with van der Waals surface area (Å²) in [5, 5.41) is 10.5. The minimum atomic E-state index is -1.13. The molecule has 0 saturated heterocycles. The van der Waals surface area contributed by atoms with Crippen LogP contribution >= 0.6 is 11.6 Å². The van der Waals surface area contributed by atoms with Crippen LogP contribution in [0.25, 0.3) is 0 Å². The molecule has 0 radical (unpaired) electrons. The molecule has 1 N–H and O–H groups in total. The van der Waals surface area contributed by atoms with Gasteiger partial charge in [-0.15, -0.1) is 0 Å². The number of hydrogen-bond donors (Lipinski definition) is 1. The van der Waals surface area contributed by atoms with Gasteiger partial charge in [0.2, 0.25) is 0 Å². The summed E-state index contributed by atoms with van der Waals surface area (Å²) >= 11 is 6.66. The molecule has 1 atom stereocenters. The fourth-order valence-electron chi connectivity index (χ4n) is 3.95. The number of aromatic nitrogens is 2. The van der Waals surface area contributed by atoms with E-state index in [1.807, 2.05) is 11.8 Å². The van der Waals surface area contributed by atoms with Crippen LogP contribution in [0.1, 0.15) is 32.0 Å². The quantitative estimate of drug-likeness (QED) is 0.378. The third-order valence-electron chi connectivity index (χ3n) is 5.89. The summed E-state index contributed by atoms with van der Waals surface area (Å²) in [5.74, 6) is -0.555. The Balaban J connectivity index is 1.54. The second-order valence-corrected chi connectivity index (χ2v) is 9.36. The summed E-state index contributed by atoms with van der Waals surface area (Å²) in [7, 11) is 0. The van der Waals surface area contributed by atoms with Crippen LogP contribution in [0.15, 0.2) is 72.1 Å². The molecule has 0 aliphatic carbocycles. The molecule has 0 spiro atoms. The van der Waals surface area contributed by atoms with Gasteiger partial charge in [0.1, 0.15) is 41.9 Å². The maximum atomic E-state index is 13.9. The Morgan fingerprint density at radius 3 is 2.67 bits per heavy atom. The molecule has 4 heterocycles. The van der Waals surface area contributed by atoms with Crippen molar-refractivity contribution >= 4 is 23.1 Å². The zero-order valence-electron chi connectivity index (χ0n) is 20.1. The average Bonchev–Trinajstić information content (AvgIpc) is 2.82. The van der Waals surface area contributed by atoms with E-state index < -0.39 is 29.4 Å². The van der Waals surface area contributed by atoms with E-state index in [1.54, 1.807) is 55.3 Å². The maximum Gasteiger partial charge on any atom is 0.151 e. The molecule has 1 unspecified atom stereocenters. The summed E-state index contributed by atoms with van der Waals surface area (Å²) in [5.41, 5.74) is 0.563. The van der Waals surface area contributed by atoms with E-state index in [-0.39, 0.29) is 12.3 Å². The Morgan fingerprint density at radius 2 is 2.00 bits per heavy atom. The molecule has 2 aliphatic heterocycles. The van der Waals surface area contributed by atoms with Crippen LogP contribution in [-0.4, -0.2) is 32.7 Å². The number of hydrogen-bond acceptors (Lipinski definition) is 6. The van der Waals surface area contributed by atoms with Crippen LogP contribution in [0.2, 0.25) is 0 Å². The summed E-state index contributed by atoms with van der Waals surface area (Å²) in [6.07, 6.45) is 11.2. The minimum absolute atomic E-state index is 0.00559. The Hall–Kier alpha value is -3.30. The van der Waals surface area contributed by atoms with Crippen LogP contribution in [-0.2, 0) is 18.0 Å². The first-order chi connectivity index (χ1) is 17.1. The van der Waals surface area contributed by atoms with E-state index in [0.29, 0.717) is 34.9 Å². The van der Waals surface area contributed by atoms with Gasteiger partial charge in [-0.2, -0.15) is 0 Å². The van der Waals surface area contributed by atoms with Crippen LogP contribution < -0.4 is 9.80 Å². The molecule has 10 heteroatoms. The lowest BCUT2D eigenvalue weighted by atomic mass is 9.95. The Labute approximate surface area is 212 Å². The van der Waals surface area contributed by atoms with Gasteiger partial charge in [0.15, 0.2) is 5.82 Å². The molecule has 2 aromatic rings. The summed E-state index contributed by atoms with van der Waals surface area (Å²) in [6.45, 7) is 4.64. The first-order valence-electron chi connectivity index (χ1n) is 11.3. The number of ether oxygens (including phenoxy) is 1. The molecule has 0 fully saturated rings. The van der Waals surface area contributed by atoms with Crippen molar-refractivity contribution in [3.05, 3.63) is 95.0 Å². The number of halogens is 4. The van der Waals surface area contributed by atoms with Crippen LogP contribution in [0, 0.1) is 11.6 Å². The molecule has 2 aromatic heterocycles. The molecule has 0 saturated carbocycles. The van der Waals surface area contributed by atoms with Gasteiger partial charge in [0, 0.05) is 42.3 Å². The lowest BCUT2D eigenvalue weighted by Crippen LogP contribution is -2.39. The number of aliphatic hydroxyl groups is 1. The second-order valence-electron chi connectivity index (χ2n) is 8.94. The van der Waals surface area contributed by atoms with Crippen molar-refractivity contribution in [2.75, 3.05) is 16.3 Å². The number of anilines is 2. The largest absolute Gasteiger partial charge is 0.487 e. The van der Waals surface area contributed by atoms with Crippen LogP contribution in [0.3, 0.4) is 0 Å². The standard InChI is InChI=1S/C26H26ClF3N4O2/c1-16-9-19(36-15-22-21(30)10-18(29)14-31-22)6-8-33(16)23-11-24(32-13-17(23)12-28)34-7-4-5-20(25(34)27)26(2,3)35/h4-7,9-11,13-14,25,35H,8,12,15H2,1-3H3. The van der Waals surface area contributed by atoms with E-state index in [2.05, 4.69) is 9.97 Å². The fraction of sp³-hybridized carbons (Fsp3) is 0.308. The average molecular weight is 519 g/mol. The molecule has 2 aliphatic rings. The Bertz CT molecular complexity index is 1270. The normalized spacial score (nSPS) is 18.1. The van der Waals surface area contributed by atoms with Gasteiger partial charge in [0.05, 0.1) is 17.5 Å². The van der Waals surface area contributed by atoms with Crippen LogP contribution in [0.5, 0.6) is 0 Å². The molecule has 36 heavy (non-hydrogen) atoms. The number of rotatable bonds is 7. The smallest absolute Gasteiger partial charge is 0.151 e. The monoisotopic (exact) mass is 518 g/mol. The highest BCUT2D eigenvalue weighted by molar-refractivity contribution is 6.24. The summed E-state index contributed by atoms with van der Waals surface area (Å²) in [4.78, 5) is 11.7. The molecule has 0 amide bonds. The SMILES string of the molecule is CC1=CC(OCc2ncc(F)cc2F)=CCN1c1cc(N2C=CC=C(C(C)(C)O)C2Cl)ncc1CF. The third kappa shape index (κ3) is 5.42. The highest BCUT2D eigenvalue weighted by Gasteiger charge is 2.32. The van der Waals surface area contributed by atoms with Crippen molar-refractivity contribution in [3.63, 3.8) is 0 Å². The minimum Gasteiger partial charge on any atom is -0.487 e. The van der Waals surface area contributed by atoms with Crippen molar-refractivity contribution in [1.29, 1.82) is 0 Å². The van der Waals surface area contributed by atoms with Gasteiger partial charge >= 0.3 is 0 Å². The first-order valence-corrected chi connectivity index (χ1v) is 11.7. The third-order valence-corrected chi connectivity index (χ3v) is 6.33. The number of pyridine rings is 2. The predicted octanol–water partition coefficient (Wildman–Crippen LogP) is 5.64. The van der Waals surface area contributed by atoms with Gasteiger partial charge in [-0.25, -0.2) is 18.2 Å². The fourth-order valence-corrected chi connectivity index (χ4v) is 4.45. The molecule has 0 bridgehead atoms. The topological polar surface area (TPSA) is 61.7 Å². The van der Waals surface area contributed by atoms with Gasteiger partial charge in [0.25, 0.3) is 0 Å². The van der Waals surface area contributed by atoms with Gasteiger partial charge in [-0.3, -0.25) is 4.98 Å². The van der Waals surface area contributed by atoms with Crippen molar-refractivity contribution in [2.24, 2.45) is 0 Å². The highest BCUT2D eigenvalue weighted by atomic mass is 35.5. The van der Waals surface area contributed by atoms with Crippen molar-refractivity contribution in [3.8, 4) is 0 Å². The zero-order chi connectivity index (χ0) is 26.0. The summed E-state index contributed by atoms with van der Waals surface area (Å²) < 4.78 is 46.5. The van der Waals surface area contributed by atoms with Gasteiger partial charge < -0.3 is 19.6 Å². The first kappa shape index (κ1) is 25.8. The molecule has 190 valence electrons. The number of allylic oxidation sites excluding steroid dienone is 4. The summed E-state index contributed by atoms with van der Waals surface area (Å²) in [6, 6.07) is 2.50. The van der Waals surface area contributed by atoms with Crippen molar-refractivity contribution in [1.82, 2.24) is 9.97 Å². The number of nitrogens with zero attached hydrogens (tertiary/aromatic N) is 4. The maximum absolute atomic E-state index is 13.9. The lowest BCUT2D eigenvalue weighted by Gasteiger charge is -2.35. The van der Waals surface area contributed by atoms with E-state index >= 15 is 0 Å². The molecular formula is C26H26ClF3N4O2. The predicted molar refractivity (Wildman–Crippen MR) is 133 cm³/mol. The van der Waals surface area contributed by atoms with E-state index in [1.165, 1.54) is 6.20 Å². The highest BCUT2D eigenvalue weighted by Crippen LogP contribution is 2.35. The van der Waals surface area contributed by atoms with Crippen LogP contribution in [0.4, 0.5) is 24.7 Å².